The number of nitrogen functional groups attached to an aromatic ring is 1. The molecule has 1 aliphatic rings. The Hall–Kier alpha value is -3.68. The van der Waals surface area contributed by atoms with Gasteiger partial charge in [-0.3, -0.25) is 14.6 Å². The number of ether oxygens (including phenoxy) is 1. The second-order valence-corrected chi connectivity index (χ2v) is 7.25. The molecule has 30 heavy (non-hydrogen) atoms. The van der Waals surface area contributed by atoms with Gasteiger partial charge in [0.1, 0.15) is 11.6 Å². The van der Waals surface area contributed by atoms with Crippen molar-refractivity contribution in [3.8, 4) is 11.4 Å². The fraction of sp³-hybridized carbons (Fsp3) is 0.273. The van der Waals surface area contributed by atoms with E-state index in [1.54, 1.807) is 48.7 Å². The van der Waals surface area contributed by atoms with Crippen molar-refractivity contribution < 1.29 is 14.3 Å². The zero-order chi connectivity index (χ0) is 21.1. The molecule has 0 radical (unpaired) electrons. The van der Waals surface area contributed by atoms with Crippen molar-refractivity contribution in [3.05, 3.63) is 66.1 Å². The van der Waals surface area contributed by atoms with Gasteiger partial charge in [0.25, 0.3) is 5.91 Å². The molecule has 1 aliphatic heterocycles. The van der Waals surface area contributed by atoms with Gasteiger partial charge in [0, 0.05) is 31.4 Å². The number of amides is 1. The van der Waals surface area contributed by atoms with Crippen molar-refractivity contribution >= 4 is 17.5 Å². The number of pyridine rings is 1. The number of aromatic nitrogens is 3. The van der Waals surface area contributed by atoms with Crippen molar-refractivity contribution in [2.75, 3.05) is 25.9 Å². The van der Waals surface area contributed by atoms with Gasteiger partial charge in [-0.15, -0.1) is 0 Å². The Labute approximate surface area is 174 Å². The van der Waals surface area contributed by atoms with Crippen LogP contribution in [0.1, 0.15) is 33.6 Å². The summed E-state index contributed by atoms with van der Waals surface area (Å²) >= 11 is 0. The first-order chi connectivity index (χ1) is 14.6. The largest absolute Gasteiger partial charge is 0.497 e. The van der Waals surface area contributed by atoms with E-state index in [0.29, 0.717) is 36.5 Å². The van der Waals surface area contributed by atoms with Crippen LogP contribution in [0.3, 0.4) is 0 Å². The lowest BCUT2D eigenvalue weighted by molar-refractivity contribution is 0.0637. The van der Waals surface area contributed by atoms with E-state index in [0.717, 1.165) is 17.9 Å². The highest BCUT2D eigenvalue weighted by molar-refractivity contribution is 6.02. The SMILES string of the molecule is COc1ccc(-n2ncc(C(=O)C3CCCN(C(=O)c4cccnc4)C3)c2N)cc1. The fourth-order valence-electron chi connectivity index (χ4n) is 3.74. The highest BCUT2D eigenvalue weighted by Gasteiger charge is 2.31. The van der Waals surface area contributed by atoms with E-state index in [4.69, 9.17) is 10.5 Å². The lowest BCUT2D eigenvalue weighted by Gasteiger charge is -2.32. The van der Waals surface area contributed by atoms with E-state index in [1.165, 1.54) is 10.9 Å². The number of rotatable bonds is 5. The lowest BCUT2D eigenvalue weighted by Crippen LogP contribution is -2.42. The minimum Gasteiger partial charge on any atom is -0.497 e. The molecule has 0 saturated carbocycles. The smallest absolute Gasteiger partial charge is 0.255 e. The van der Waals surface area contributed by atoms with Crippen LogP contribution >= 0.6 is 0 Å². The summed E-state index contributed by atoms with van der Waals surface area (Å²) in [6.07, 6.45) is 6.15. The number of likely N-dealkylation sites (tertiary alicyclic amines) is 1. The number of nitrogens with zero attached hydrogens (tertiary/aromatic N) is 4. The van der Waals surface area contributed by atoms with Gasteiger partial charge in [0.2, 0.25) is 0 Å². The fourth-order valence-corrected chi connectivity index (χ4v) is 3.74. The molecule has 2 N–H and O–H groups in total. The zero-order valence-electron chi connectivity index (χ0n) is 16.7. The summed E-state index contributed by atoms with van der Waals surface area (Å²) < 4.78 is 6.70. The van der Waals surface area contributed by atoms with Crippen molar-refractivity contribution in [3.63, 3.8) is 0 Å². The maximum Gasteiger partial charge on any atom is 0.255 e. The molecule has 8 heteroatoms. The summed E-state index contributed by atoms with van der Waals surface area (Å²) in [4.78, 5) is 31.6. The molecule has 3 heterocycles. The van der Waals surface area contributed by atoms with Crippen LogP contribution in [-0.2, 0) is 0 Å². The van der Waals surface area contributed by atoms with Gasteiger partial charge < -0.3 is 15.4 Å². The van der Waals surface area contributed by atoms with Crippen LogP contribution < -0.4 is 10.5 Å². The second kappa shape index (κ2) is 8.36. The molecule has 4 rings (SSSR count). The third kappa shape index (κ3) is 3.76. The number of methoxy groups -OCH3 is 1. The molecular weight excluding hydrogens is 382 g/mol. The van der Waals surface area contributed by atoms with Gasteiger partial charge in [0.05, 0.1) is 30.1 Å². The first-order valence-electron chi connectivity index (χ1n) is 9.80. The van der Waals surface area contributed by atoms with Crippen molar-refractivity contribution in [2.24, 2.45) is 5.92 Å². The zero-order valence-corrected chi connectivity index (χ0v) is 16.7. The highest BCUT2D eigenvalue weighted by atomic mass is 16.5. The van der Waals surface area contributed by atoms with E-state index in [9.17, 15) is 9.59 Å². The number of piperidine rings is 1. The molecule has 1 amide bonds. The van der Waals surface area contributed by atoms with Gasteiger partial charge >= 0.3 is 0 Å². The van der Waals surface area contributed by atoms with Crippen LogP contribution in [0.25, 0.3) is 5.69 Å². The third-order valence-corrected chi connectivity index (χ3v) is 5.38. The molecule has 1 aromatic carbocycles. The minimum atomic E-state index is -0.310. The molecular formula is C22H23N5O3. The van der Waals surface area contributed by atoms with E-state index in [1.807, 2.05) is 12.1 Å². The maximum absolute atomic E-state index is 13.2. The molecule has 2 aromatic heterocycles. The molecule has 0 bridgehead atoms. The lowest BCUT2D eigenvalue weighted by atomic mass is 9.90. The summed E-state index contributed by atoms with van der Waals surface area (Å²) in [6.45, 7) is 0.984. The number of nitrogens with two attached hydrogens (primary N) is 1. The standard InChI is InChI=1S/C22H23N5O3/c1-30-18-8-6-17(7-9-18)27-21(23)19(13-25-27)20(28)16-5-3-11-26(14-16)22(29)15-4-2-10-24-12-15/h2,4,6-10,12-13,16H,3,5,11,14,23H2,1H3. The monoisotopic (exact) mass is 405 g/mol. The van der Waals surface area contributed by atoms with Crippen molar-refractivity contribution in [1.82, 2.24) is 19.7 Å². The summed E-state index contributed by atoms with van der Waals surface area (Å²) in [7, 11) is 1.60. The number of carbonyl (C=O) groups excluding carboxylic acids is 2. The molecule has 3 aromatic rings. The molecule has 0 spiro atoms. The Balaban J connectivity index is 1.51. The van der Waals surface area contributed by atoms with Crippen LogP contribution in [0, 0.1) is 5.92 Å². The molecule has 8 nitrogen and oxygen atoms in total. The number of ketones is 1. The van der Waals surface area contributed by atoms with Crippen LogP contribution in [0.5, 0.6) is 5.75 Å². The first-order valence-corrected chi connectivity index (χ1v) is 9.80. The van der Waals surface area contributed by atoms with Crippen LogP contribution in [0.15, 0.2) is 55.0 Å². The van der Waals surface area contributed by atoms with Gasteiger partial charge in [-0.1, -0.05) is 0 Å². The van der Waals surface area contributed by atoms with Gasteiger partial charge in [-0.25, -0.2) is 4.68 Å². The topological polar surface area (TPSA) is 103 Å². The minimum absolute atomic E-state index is 0.0871. The molecule has 1 unspecified atom stereocenters. The quantitative estimate of drug-likeness (QED) is 0.655. The summed E-state index contributed by atoms with van der Waals surface area (Å²) in [5, 5.41) is 4.30. The van der Waals surface area contributed by atoms with E-state index >= 15 is 0 Å². The maximum atomic E-state index is 13.2. The van der Waals surface area contributed by atoms with Crippen LogP contribution in [0.4, 0.5) is 5.82 Å². The third-order valence-electron chi connectivity index (χ3n) is 5.38. The van der Waals surface area contributed by atoms with Gasteiger partial charge in [0.15, 0.2) is 5.78 Å². The first kappa shape index (κ1) is 19.6. The Bertz CT molecular complexity index is 1050. The van der Waals surface area contributed by atoms with Crippen LogP contribution in [0.2, 0.25) is 0 Å². The van der Waals surface area contributed by atoms with Gasteiger partial charge in [-0.05, 0) is 49.2 Å². The molecule has 154 valence electrons. The summed E-state index contributed by atoms with van der Waals surface area (Å²) in [5.41, 5.74) is 7.91. The highest BCUT2D eigenvalue weighted by Crippen LogP contribution is 2.26. The number of anilines is 1. The second-order valence-electron chi connectivity index (χ2n) is 7.25. The van der Waals surface area contributed by atoms with Crippen molar-refractivity contribution in [2.45, 2.75) is 12.8 Å². The van der Waals surface area contributed by atoms with Crippen molar-refractivity contribution in [1.29, 1.82) is 0 Å². The van der Waals surface area contributed by atoms with Gasteiger partial charge in [-0.2, -0.15) is 5.10 Å². The van der Waals surface area contributed by atoms with E-state index < -0.39 is 0 Å². The predicted octanol–water partition coefficient (Wildman–Crippen LogP) is 2.59. The van der Waals surface area contributed by atoms with Crippen LogP contribution in [-0.4, -0.2) is 51.6 Å². The molecule has 0 aliphatic carbocycles. The number of carbonyl (C=O) groups is 2. The molecule has 1 atom stereocenters. The number of hydrogen-bond donors (Lipinski definition) is 1. The van der Waals surface area contributed by atoms with E-state index in [2.05, 4.69) is 10.1 Å². The average molecular weight is 405 g/mol. The Morgan fingerprint density at radius 1 is 1.17 bits per heavy atom. The number of hydrogen-bond acceptors (Lipinski definition) is 6. The summed E-state index contributed by atoms with van der Waals surface area (Å²) in [5.74, 6) is 0.510. The van der Waals surface area contributed by atoms with E-state index in [-0.39, 0.29) is 17.6 Å². The molecule has 1 fully saturated rings. The average Bonchev–Trinajstić information content (AvgIpc) is 3.20. The Morgan fingerprint density at radius 2 is 1.97 bits per heavy atom. The Morgan fingerprint density at radius 3 is 2.67 bits per heavy atom. The number of Topliss-reactive ketones (excluding diaryl/α,β-unsaturated/α-hetero) is 1. The summed E-state index contributed by atoms with van der Waals surface area (Å²) in [6, 6.07) is 10.7. The normalized spacial score (nSPS) is 16.3. The predicted molar refractivity (Wildman–Crippen MR) is 112 cm³/mol. The number of benzene rings is 1. The molecule has 1 saturated heterocycles. The Kier molecular flexibility index (Phi) is 5.47.